The number of halogens is 2. The van der Waals surface area contributed by atoms with E-state index in [0.29, 0.717) is 28.6 Å². The Morgan fingerprint density at radius 2 is 1.65 bits per heavy atom. The number of hydrogen-bond acceptors (Lipinski definition) is 4. The van der Waals surface area contributed by atoms with Crippen LogP contribution in [-0.2, 0) is 16.6 Å². The minimum absolute atomic E-state index is 0.289. The van der Waals surface area contributed by atoms with Crippen LogP contribution in [0.15, 0.2) is 60.7 Å². The van der Waals surface area contributed by atoms with Crippen molar-refractivity contribution in [2.75, 3.05) is 23.7 Å². The summed E-state index contributed by atoms with van der Waals surface area (Å²) in [4.78, 5) is 12.4. The molecule has 3 aromatic rings. The van der Waals surface area contributed by atoms with E-state index in [4.69, 9.17) is 4.74 Å². The highest BCUT2D eigenvalue weighted by atomic mass is 32.2. The fourth-order valence-electron chi connectivity index (χ4n) is 3.41. The van der Waals surface area contributed by atoms with Crippen LogP contribution in [0.1, 0.15) is 27.0 Å². The lowest BCUT2D eigenvalue weighted by atomic mass is 10.1. The number of aryl methyl sites for hydroxylation is 2. The highest BCUT2D eigenvalue weighted by Crippen LogP contribution is 2.27. The fraction of sp³-hybridized carbons (Fsp3) is 0.240. The second kappa shape index (κ2) is 10.6. The maximum Gasteiger partial charge on any atom is 0.251 e. The Hall–Kier alpha value is -3.46. The minimum atomic E-state index is -3.97. The summed E-state index contributed by atoms with van der Waals surface area (Å²) in [6.07, 6.45) is 0.876. The Balaban J connectivity index is 1.61. The van der Waals surface area contributed by atoms with Gasteiger partial charge in [-0.15, -0.1) is 0 Å². The van der Waals surface area contributed by atoms with Gasteiger partial charge in [-0.25, -0.2) is 17.2 Å². The Morgan fingerprint density at radius 3 is 2.24 bits per heavy atom. The van der Waals surface area contributed by atoms with E-state index in [1.165, 1.54) is 24.3 Å². The van der Waals surface area contributed by atoms with E-state index in [1.807, 2.05) is 32.0 Å². The zero-order chi connectivity index (χ0) is 24.9. The predicted octanol–water partition coefficient (Wildman–Crippen LogP) is 4.36. The molecule has 0 aliphatic carbocycles. The molecule has 34 heavy (non-hydrogen) atoms. The van der Waals surface area contributed by atoms with Crippen LogP contribution in [0.3, 0.4) is 0 Å². The number of amides is 1. The molecule has 3 rings (SSSR count). The number of rotatable bonds is 9. The van der Waals surface area contributed by atoms with E-state index in [9.17, 15) is 22.0 Å². The smallest absolute Gasteiger partial charge is 0.251 e. The Kier molecular flexibility index (Phi) is 7.88. The first-order valence-corrected chi connectivity index (χ1v) is 12.4. The normalized spacial score (nSPS) is 11.2. The van der Waals surface area contributed by atoms with Crippen LogP contribution in [-0.4, -0.2) is 33.7 Å². The average Bonchev–Trinajstić information content (AvgIpc) is 2.76. The van der Waals surface area contributed by atoms with Crippen molar-refractivity contribution in [1.29, 1.82) is 0 Å². The molecule has 1 amide bonds. The molecule has 0 aliphatic rings. The van der Waals surface area contributed by atoms with Crippen molar-refractivity contribution in [3.05, 3.63) is 94.6 Å². The predicted molar refractivity (Wildman–Crippen MR) is 128 cm³/mol. The van der Waals surface area contributed by atoms with E-state index in [2.05, 4.69) is 5.32 Å². The lowest BCUT2D eigenvalue weighted by molar-refractivity contribution is 0.0947. The van der Waals surface area contributed by atoms with Gasteiger partial charge in [-0.1, -0.05) is 35.9 Å². The van der Waals surface area contributed by atoms with Gasteiger partial charge in [-0.2, -0.15) is 0 Å². The van der Waals surface area contributed by atoms with Crippen molar-refractivity contribution in [3.8, 4) is 5.75 Å². The van der Waals surface area contributed by atoms with Crippen molar-refractivity contribution in [2.45, 2.75) is 20.4 Å². The largest absolute Gasteiger partial charge is 0.491 e. The number of nitrogens with zero attached hydrogens (tertiary/aromatic N) is 1. The number of benzene rings is 3. The molecule has 0 aromatic heterocycles. The molecule has 9 heteroatoms. The first kappa shape index (κ1) is 25.2. The number of sulfonamides is 1. The molecule has 0 atom stereocenters. The monoisotopic (exact) mass is 488 g/mol. The van der Waals surface area contributed by atoms with Gasteiger partial charge in [0, 0.05) is 5.56 Å². The van der Waals surface area contributed by atoms with E-state index in [0.717, 1.165) is 41.3 Å². The molecular weight excluding hydrogens is 462 g/mol. The summed E-state index contributed by atoms with van der Waals surface area (Å²) >= 11 is 0. The first-order chi connectivity index (χ1) is 16.1. The second-order valence-corrected chi connectivity index (χ2v) is 9.82. The topological polar surface area (TPSA) is 75.7 Å². The van der Waals surface area contributed by atoms with Crippen LogP contribution >= 0.6 is 0 Å². The molecule has 1 N–H and O–H groups in total. The van der Waals surface area contributed by atoms with E-state index < -0.39 is 27.3 Å². The molecule has 6 nitrogen and oxygen atoms in total. The number of ether oxygens (including phenoxy) is 1. The van der Waals surface area contributed by atoms with Crippen LogP contribution in [0.25, 0.3) is 0 Å². The zero-order valence-corrected chi connectivity index (χ0v) is 20.0. The van der Waals surface area contributed by atoms with Gasteiger partial charge in [0.1, 0.15) is 18.0 Å². The summed E-state index contributed by atoms with van der Waals surface area (Å²) < 4.78 is 59.2. The van der Waals surface area contributed by atoms with Crippen molar-refractivity contribution >= 4 is 21.6 Å². The summed E-state index contributed by atoms with van der Waals surface area (Å²) in [7, 11) is -3.97. The van der Waals surface area contributed by atoms with Gasteiger partial charge in [0.2, 0.25) is 10.0 Å². The lowest BCUT2D eigenvalue weighted by Crippen LogP contribution is -2.31. The molecular formula is C25H26F2N2O4S. The number of carbonyl (C=O) groups excluding carboxylic acids is 1. The molecule has 0 spiro atoms. The van der Waals surface area contributed by atoms with Crippen LogP contribution in [0.5, 0.6) is 5.75 Å². The number of anilines is 1. The standard InChI is InChI=1S/C25H26F2N2O4S/c1-17-7-12-23(18(2)15-17)33-14-13-28-25(30)20-10-8-19(9-11-20)16-29(34(3,31)32)24-21(26)5-4-6-22(24)27/h4-12,15H,13-14,16H2,1-3H3,(H,28,30). The van der Waals surface area contributed by atoms with E-state index in [-0.39, 0.29) is 12.5 Å². The summed E-state index contributed by atoms with van der Waals surface area (Å²) in [6.45, 7) is 4.25. The van der Waals surface area contributed by atoms with Gasteiger partial charge >= 0.3 is 0 Å². The molecule has 0 heterocycles. The van der Waals surface area contributed by atoms with Crippen molar-refractivity contribution < 1.29 is 26.7 Å². The van der Waals surface area contributed by atoms with E-state index >= 15 is 0 Å². The SMILES string of the molecule is Cc1ccc(OCCNC(=O)c2ccc(CN(c3c(F)cccc3F)S(C)(=O)=O)cc2)c(C)c1. The van der Waals surface area contributed by atoms with E-state index in [1.54, 1.807) is 0 Å². The first-order valence-electron chi connectivity index (χ1n) is 10.5. The number of hydrogen-bond donors (Lipinski definition) is 1. The summed E-state index contributed by atoms with van der Waals surface area (Å²) in [5.41, 5.74) is 2.33. The molecule has 0 aliphatic heterocycles. The zero-order valence-electron chi connectivity index (χ0n) is 19.1. The highest BCUT2D eigenvalue weighted by Gasteiger charge is 2.24. The van der Waals surface area contributed by atoms with Gasteiger partial charge < -0.3 is 10.1 Å². The Labute approximate surface area is 198 Å². The van der Waals surface area contributed by atoms with Crippen LogP contribution in [0, 0.1) is 25.5 Å². The van der Waals surface area contributed by atoms with Crippen LogP contribution in [0.2, 0.25) is 0 Å². The second-order valence-electron chi connectivity index (χ2n) is 7.91. The molecule has 0 fully saturated rings. The summed E-state index contributed by atoms with van der Waals surface area (Å²) in [5.74, 6) is -1.53. The van der Waals surface area contributed by atoms with Crippen LogP contribution < -0.4 is 14.4 Å². The van der Waals surface area contributed by atoms with Crippen LogP contribution in [0.4, 0.5) is 14.5 Å². The maximum absolute atomic E-state index is 14.2. The molecule has 3 aromatic carbocycles. The number of nitrogens with one attached hydrogen (secondary N) is 1. The maximum atomic E-state index is 14.2. The highest BCUT2D eigenvalue weighted by molar-refractivity contribution is 7.92. The Bertz CT molecular complexity index is 1260. The third-order valence-corrected chi connectivity index (χ3v) is 6.22. The van der Waals surface area contributed by atoms with Gasteiger partial charge in [0.05, 0.1) is 19.3 Å². The molecule has 0 saturated carbocycles. The molecule has 0 saturated heterocycles. The third-order valence-electron chi connectivity index (χ3n) is 5.11. The van der Waals surface area contributed by atoms with Gasteiger partial charge in [0.15, 0.2) is 11.6 Å². The molecule has 0 unspecified atom stereocenters. The third kappa shape index (κ3) is 6.32. The van der Waals surface area contributed by atoms with Gasteiger partial charge in [-0.05, 0) is 55.3 Å². The lowest BCUT2D eigenvalue weighted by Gasteiger charge is -2.23. The average molecular weight is 489 g/mol. The van der Waals surface area contributed by atoms with Gasteiger partial charge in [-0.3, -0.25) is 9.10 Å². The summed E-state index contributed by atoms with van der Waals surface area (Å²) in [5, 5.41) is 2.76. The van der Waals surface area contributed by atoms with Crippen molar-refractivity contribution in [2.24, 2.45) is 0 Å². The quantitative estimate of drug-likeness (QED) is 0.454. The molecule has 0 bridgehead atoms. The van der Waals surface area contributed by atoms with Crippen molar-refractivity contribution in [1.82, 2.24) is 5.32 Å². The minimum Gasteiger partial charge on any atom is -0.491 e. The summed E-state index contributed by atoms with van der Waals surface area (Å²) in [6, 6.07) is 15.1. The number of para-hydroxylation sites is 1. The molecule has 180 valence electrons. The van der Waals surface area contributed by atoms with Crippen molar-refractivity contribution in [3.63, 3.8) is 0 Å². The fourth-order valence-corrected chi connectivity index (χ4v) is 4.30. The van der Waals surface area contributed by atoms with Gasteiger partial charge in [0.25, 0.3) is 5.91 Å². The number of carbonyl (C=O) groups is 1. The Morgan fingerprint density at radius 1 is 1.00 bits per heavy atom. The molecule has 0 radical (unpaired) electrons.